The van der Waals surface area contributed by atoms with Gasteiger partial charge < -0.3 is 4.74 Å². The van der Waals surface area contributed by atoms with Crippen LogP contribution in [0.4, 0.5) is 0 Å². The molecule has 0 saturated heterocycles. The number of carbonyl (C=O) groups is 1. The number of hydrogen-bond acceptors (Lipinski definition) is 3. The van der Waals surface area contributed by atoms with Crippen LogP contribution in [0.25, 0.3) is 0 Å². The Labute approximate surface area is 68.8 Å². The predicted octanol–water partition coefficient (Wildman–Crippen LogP) is -0.223. The Morgan fingerprint density at radius 2 is 2.30 bits per heavy atom. The molecule has 0 fully saturated rings. The molecular weight excluding hydrogens is 176 g/mol. The molecule has 2 N–H and O–H groups in total. The number of hydrogen-bond donors (Lipinski definition) is 2. The maximum Gasteiger partial charge on any atom is 0.275 e. The number of carbonyl (C=O) groups excluding carboxylic acids is 1. The van der Waals surface area contributed by atoms with E-state index in [-0.39, 0.29) is 17.0 Å². The topological polar surface area (TPSA) is 50.4 Å². The van der Waals surface area contributed by atoms with Crippen molar-refractivity contribution >= 4 is 34.9 Å². The van der Waals surface area contributed by atoms with E-state index in [4.69, 9.17) is 11.6 Å². The van der Waals surface area contributed by atoms with Crippen LogP contribution in [-0.4, -0.2) is 24.1 Å². The number of nitrogens with one attached hydrogen (secondary N) is 2. The minimum absolute atomic E-state index is 0.0958. The molecule has 0 aromatic carbocycles. The van der Waals surface area contributed by atoms with E-state index in [1.165, 1.54) is 7.11 Å². The Hall–Kier alpha value is -0.550. The molecule has 0 aromatic rings. The molecule has 1 amide bonds. The van der Waals surface area contributed by atoms with Crippen molar-refractivity contribution in [1.82, 2.24) is 10.9 Å². The van der Waals surface area contributed by atoms with Gasteiger partial charge in [0.2, 0.25) is 0 Å². The minimum Gasteiger partial charge on any atom is -0.473 e. The van der Waals surface area contributed by atoms with Gasteiger partial charge in [-0.15, -0.1) is 11.6 Å². The maximum absolute atomic E-state index is 10.4. The molecule has 0 radical (unpaired) electrons. The van der Waals surface area contributed by atoms with Gasteiger partial charge in [0.05, 0.1) is 7.11 Å². The molecule has 0 atom stereocenters. The summed E-state index contributed by atoms with van der Waals surface area (Å²) in [5.74, 6) is -0.472. The molecule has 0 rings (SSSR count). The van der Waals surface area contributed by atoms with E-state index in [1.807, 2.05) is 0 Å². The number of ether oxygens (including phenoxy) is 1. The van der Waals surface area contributed by atoms with Crippen LogP contribution in [0, 0.1) is 0 Å². The molecule has 10 heavy (non-hydrogen) atoms. The molecular formula is C4H7ClN2O2S. The van der Waals surface area contributed by atoms with Crippen molar-refractivity contribution in [3.05, 3.63) is 0 Å². The van der Waals surface area contributed by atoms with Crippen molar-refractivity contribution < 1.29 is 9.53 Å². The van der Waals surface area contributed by atoms with Gasteiger partial charge in [-0.2, -0.15) is 0 Å². The van der Waals surface area contributed by atoms with E-state index in [1.54, 1.807) is 0 Å². The van der Waals surface area contributed by atoms with E-state index in [0.717, 1.165) is 0 Å². The number of methoxy groups -OCH3 is 1. The van der Waals surface area contributed by atoms with Gasteiger partial charge in [0.1, 0.15) is 5.88 Å². The Morgan fingerprint density at radius 3 is 2.70 bits per heavy atom. The summed E-state index contributed by atoms with van der Waals surface area (Å²) < 4.78 is 4.51. The Kier molecular flexibility index (Phi) is 4.96. The van der Waals surface area contributed by atoms with Gasteiger partial charge in [-0.3, -0.25) is 15.6 Å². The molecule has 0 heterocycles. The summed E-state index contributed by atoms with van der Waals surface area (Å²) in [5.41, 5.74) is 4.50. The first-order valence-electron chi connectivity index (χ1n) is 2.39. The first-order chi connectivity index (χ1) is 4.70. The summed E-state index contributed by atoms with van der Waals surface area (Å²) in [6.45, 7) is 0. The fourth-order valence-corrected chi connectivity index (χ4v) is 0.323. The van der Waals surface area contributed by atoms with Crippen LogP contribution in [0.3, 0.4) is 0 Å². The van der Waals surface area contributed by atoms with Gasteiger partial charge in [-0.25, -0.2) is 0 Å². The SMILES string of the molecule is COC(=S)NNC(=O)CCl. The molecule has 0 unspecified atom stereocenters. The van der Waals surface area contributed by atoms with E-state index >= 15 is 0 Å². The zero-order valence-corrected chi connectivity index (χ0v) is 6.88. The van der Waals surface area contributed by atoms with Crippen molar-refractivity contribution in [3.8, 4) is 0 Å². The number of hydrazine groups is 1. The summed E-state index contributed by atoms with van der Waals surface area (Å²) in [5, 5.41) is 0.0958. The third kappa shape index (κ3) is 4.34. The highest BCUT2D eigenvalue weighted by Crippen LogP contribution is 1.72. The Morgan fingerprint density at radius 1 is 1.70 bits per heavy atom. The lowest BCUT2D eigenvalue weighted by Crippen LogP contribution is -2.41. The molecule has 6 heteroatoms. The number of halogens is 1. The van der Waals surface area contributed by atoms with E-state index in [0.29, 0.717) is 0 Å². The fraction of sp³-hybridized carbons (Fsp3) is 0.500. The molecule has 0 spiro atoms. The van der Waals surface area contributed by atoms with Gasteiger partial charge >= 0.3 is 0 Å². The van der Waals surface area contributed by atoms with Gasteiger partial charge in [-0.1, -0.05) is 0 Å². The minimum atomic E-state index is -0.360. The fourth-order valence-electron chi connectivity index (χ4n) is 0.205. The second kappa shape index (κ2) is 5.25. The van der Waals surface area contributed by atoms with Crippen molar-refractivity contribution in [2.45, 2.75) is 0 Å². The number of rotatable bonds is 1. The van der Waals surface area contributed by atoms with Crippen LogP contribution in [0.15, 0.2) is 0 Å². The van der Waals surface area contributed by atoms with Crippen LogP contribution in [0.2, 0.25) is 0 Å². The zero-order valence-electron chi connectivity index (χ0n) is 5.31. The van der Waals surface area contributed by atoms with Crippen molar-refractivity contribution in [2.24, 2.45) is 0 Å². The average Bonchev–Trinajstić information content (AvgIpc) is 1.99. The lowest BCUT2D eigenvalue weighted by Gasteiger charge is -2.05. The van der Waals surface area contributed by atoms with Crippen LogP contribution >= 0.6 is 23.8 Å². The highest BCUT2D eigenvalue weighted by Gasteiger charge is 1.96. The monoisotopic (exact) mass is 182 g/mol. The van der Waals surface area contributed by atoms with Crippen molar-refractivity contribution in [1.29, 1.82) is 0 Å². The van der Waals surface area contributed by atoms with Crippen LogP contribution < -0.4 is 10.9 Å². The van der Waals surface area contributed by atoms with Crippen molar-refractivity contribution in [3.63, 3.8) is 0 Å². The third-order valence-electron chi connectivity index (χ3n) is 0.611. The van der Waals surface area contributed by atoms with Crippen LogP contribution in [0.5, 0.6) is 0 Å². The van der Waals surface area contributed by atoms with Crippen molar-refractivity contribution in [2.75, 3.05) is 13.0 Å². The molecule has 0 aliphatic carbocycles. The second-order valence-corrected chi connectivity index (χ2v) is 1.94. The summed E-state index contributed by atoms with van der Waals surface area (Å²) >= 11 is 9.67. The highest BCUT2D eigenvalue weighted by molar-refractivity contribution is 7.80. The standard InChI is InChI=1S/C4H7ClN2O2S/c1-9-4(10)7-6-3(8)2-5/h2H2,1H3,(H,6,8)(H,7,10). The van der Waals surface area contributed by atoms with E-state index in [2.05, 4.69) is 27.8 Å². The Balaban J connectivity index is 3.35. The average molecular weight is 183 g/mol. The predicted molar refractivity (Wildman–Crippen MR) is 41.6 cm³/mol. The largest absolute Gasteiger partial charge is 0.473 e. The molecule has 0 bridgehead atoms. The lowest BCUT2D eigenvalue weighted by molar-refractivity contribution is -0.119. The highest BCUT2D eigenvalue weighted by atomic mass is 35.5. The molecule has 58 valence electrons. The van der Waals surface area contributed by atoms with E-state index in [9.17, 15) is 4.79 Å². The number of thiocarbonyl (C=S) groups is 1. The van der Waals surface area contributed by atoms with Crippen LogP contribution in [0.1, 0.15) is 0 Å². The lowest BCUT2D eigenvalue weighted by atomic mass is 10.7. The first-order valence-corrected chi connectivity index (χ1v) is 3.33. The summed E-state index contributed by atoms with van der Waals surface area (Å²) in [4.78, 5) is 10.4. The maximum atomic E-state index is 10.4. The summed E-state index contributed by atoms with van der Waals surface area (Å²) in [6, 6.07) is 0. The van der Waals surface area contributed by atoms with Gasteiger partial charge in [0.25, 0.3) is 11.1 Å². The number of amides is 1. The smallest absolute Gasteiger partial charge is 0.275 e. The molecule has 0 aliphatic rings. The normalized spacial score (nSPS) is 8.20. The number of alkyl halides is 1. The first kappa shape index (κ1) is 9.45. The van der Waals surface area contributed by atoms with Gasteiger partial charge in [0, 0.05) is 0 Å². The van der Waals surface area contributed by atoms with Gasteiger partial charge in [-0.05, 0) is 12.2 Å². The molecule has 4 nitrogen and oxygen atoms in total. The van der Waals surface area contributed by atoms with Gasteiger partial charge in [0.15, 0.2) is 0 Å². The zero-order chi connectivity index (χ0) is 7.98. The third-order valence-corrected chi connectivity index (χ3v) is 1.12. The summed E-state index contributed by atoms with van der Waals surface area (Å²) in [6.07, 6.45) is 0. The summed E-state index contributed by atoms with van der Waals surface area (Å²) in [7, 11) is 1.39. The second-order valence-electron chi connectivity index (χ2n) is 1.30. The van der Waals surface area contributed by atoms with Crippen LogP contribution in [-0.2, 0) is 9.53 Å². The molecule has 0 aromatic heterocycles. The molecule has 0 saturated carbocycles. The van der Waals surface area contributed by atoms with E-state index < -0.39 is 0 Å². The quantitative estimate of drug-likeness (QED) is 0.335. The Bertz CT molecular complexity index is 125. The molecule has 0 aliphatic heterocycles.